The summed E-state index contributed by atoms with van der Waals surface area (Å²) in [6, 6.07) is 3.79. The Morgan fingerprint density at radius 3 is 2.90 bits per heavy atom. The van der Waals surface area contributed by atoms with Gasteiger partial charge in [0.25, 0.3) is 0 Å². The molecule has 2 N–H and O–H groups in total. The average Bonchev–Trinajstić information content (AvgIpc) is 2.47. The molecule has 0 aliphatic rings. The van der Waals surface area contributed by atoms with Crippen LogP contribution in [-0.4, -0.2) is 56.3 Å². The first-order valence-electron chi connectivity index (χ1n) is 6.80. The van der Waals surface area contributed by atoms with Crippen molar-refractivity contribution < 1.29 is 19.3 Å². The van der Waals surface area contributed by atoms with Crippen LogP contribution in [-0.2, 0) is 16.0 Å². The van der Waals surface area contributed by atoms with Crippen molar-refractivity contribution in [3.05, 3.63) is 23.9 Å². The van der Waals surface area contributed by atoms with Crippen molar-refractivity contribution in [2.75, 3.05) is 40.1 Å². The van der Waals surface area contributed by atoms with Gasteiger partial charge in [-0.05, 0) is 13.0 Å². The third-order valence-corrected chi connectivity index (χ3v) is 2.63. The van der Waals surface area contributed by atoms with E-state index in [2.05, 4.69) is 10.3 Å². The van der Waals surface area contributed by atoms with E-state index in [0.29, 0.717) is 45.4 Å². The highest BCUT2D eigenvalue weighted by atomic mass is 16.5. The Labute approximate surface area is 120 Å². The molecule has 1 atom stereocenters. The van der Waals surface area contributed by atoms with E-state index in [1.165, 1.54) is 0 Å². The Balaban J connectivity index is 2.13. The number of nitrogens with zero attached hydrogens (tertiary/aromatic N) is 1. The SMILES string of the molecule is CCOCCOCC(O)CNCc1cccnc1OC. The molecule has 0 aromatic carbocycles. The number of methoxy groups -OCH3 is 1. The highest BCUT2D eigenvalue weighted by Crippen LogP contribution is 2.12. The molecule has 1 aromatic rings. The van der Waals surface area contributed by atoms with Crippen molar-refractivity contribution in [3.8, 4) is 5.88 Å². The number of ether oxygens (including phenoxy) is 3. The van der Waals surface area contributed by atoms with Crippen LogP contribution < -0.4 is 10.1 Å². The van der Waals surface area contributed by atoms with Gasteiger partial charge in [0, 0.05) is 31.5 Å². The number of pyridine rings is 1. The minimum absolute atomic E-state index is 0.296. The van der Waals surface area contributed by atoms with Crippen LogP contribution in [0.4, 0.5) is 0 Å². The quantitative estimate of drug-likeness (QED) is 0.580. The molecule has 0 spiro atoms. The number of hydrogen-bond donors (Lipinski definition) is 2. The number of aliphatic hydroxyl groups is 1. The van der Waals surface area contributed by atoms with Crippen molar-refractivity contribution in [3.63, 3.8) is 0 Å². The largest absolute Gasteiger partial charge is 0.481 e. The summed E-state index contributed by atoms with van der Waals surface area (Å²) in [5.74, 6) is 0.599. The molecule has 114 valence electrons. The standard InChI is InChI=1S/C14H24N2O4/c1-3-19-7-8-20-11-13(17)10-15-9-12-5-4-6-16-14(12)18-2/h4-6,13,15,17H,3,7-11H2,1-2H3. The molecule has 0 aliphatic carbocycles. The molecule has 1 aromatic heterocycles. The first kappa shape index (κ1) is 16.8. The van der Waals surface area contributed by atoms with Crippen LogP contribution in [0.25, 0.3) is 0 Å². The van der Waals surface area contributed by atoms with Gasteiger partial charge in [0.2, 0.25) is 5.88 Å². The number of rotatable bonds is 11. The Morgan fingerprint density at radius 2 is 2.15 bits per heavy atom. The smallest absolute Gasteiger partial charge is 0.217 e. The summed E-state index contributed by atoms with van der Waals surface area (Å²) in [7, 11) is 1.59. The number of hydrogen-bond acceptors (Lipinski definition) is 6. The minimum atomic E-state index is -0.542. The van der Waals surface area contributed by atoms with E-state index in [0.717, 1.165) is 5.56 Å². The lowest BCUT2D eigenvalue weighted by Crippen LogP contribution is -2.30. The summed E-state index contributed by atoms with van der Waals surface area (Å²) in [6.07, 6.45) is 1.14. The van der Waals surface area contributed by atoms with Gasteiger partial charge >= 0.3 is 0 Å². The number of aliphatic hydroxyl groups excluding tert-OH is 1. The van der Waals surface area contributed by atoms with E-state index >= 15 is 0 Å². The fourth-order valence-electron chi connectivity index (χ4n) is 1.66. The fraction of sp³-hybridized carbons (Fsp3) is 0.643. The summed E-state index contributed by atoms with van der Waals surface area (Å²) >= 11 is 0. The zero-order valence-electron chi connectivity index (χ0n) is 12.2. The van der Waals surface area contributed by atoms with Crippen molar-refractivity contribution in [1.82, 2.24) is 10.3 Å². The third kappa shape index (κ3) is 6.81. The Bertz CT molecular complexity index is 363. The maximum atomic E-state index is 9.74. The monoisotopic (exact) mass is 284 g/mol. The summed E-state index contributed by atoms with van der Waals surface area (Å²) in [5.41, 5.74) is 0.958. The van der Waals surface area contributed by atoms with Gasteiger partial charge in [-0.2, -0.15) is 0 Å². The second-order valence-electron chi connectivity index (χ2n) is 4.23. The number of nitrogens with one attached hydrogen (secondary N) is 1. The van der Waals surface area contributed by atoms with Gasteiger partial charge in [0.05, 0.1) is 33.0 Å². The van der Waals surface area contributed by atoms with Gasteiger partial charge in [-0.25, -0.2) is 4.98 Å². The maximum absolute atomic E-state index is 9.74. The molecular formula is C14H24N2O4. The third-order valence-electron chi connectivity index (χ3n) is 2.63. The summed E-state index contributed by atoms with van der Waals surface area (Å²) in [4.78, 5) is 4.11. The zero-order chi connectivity index (χ0) is 14.6. The Hall–Kier alpha value is -1.21. The second kappa shape index (κ2) is 10.6. The molecule has 20 heavy (non-hydrogen) atoms. The molecule has 0 aliphatic heterocycles. The first-order chi connectivity index (χ1) is 9.77. The summed E-state index contributed by atoms with van der Waals surface area (Å²) < 4.78 is 15.6. The molecule has 0 fully saturated rings. The molecule has 6 heteroatoms. The Morgan fingerprint density at radius 1 is 1.35 bits per heavy atom. The molecule has 0 bridgehead atoms. The highest BCUT2D eigenvalue weighted by Gasteiger charge is 2.06. The van der Waals surface area contributed by atoms with Gasteiger partial charge in [0.15, 0.2) is 0 Å². The van der Waals surface area contributed by atoms with Crippen molar-refractivity contribution in [2.45, 2.75) is 19.6 Å². The normalized spacial score (nSPS) is 12.3. The number of aromatic nitrogens is 1. The predicted octanol–water partition coefficient (Wildman–Crippen LogP) is 0.594. The molecule has 0 amide bonds. The minimum Gasteiger partial charge on any atom is -0.481 e. The fourth-order valence-corrected chi connectivity index (χ4v) is 1.66. The van der Waals surface area contributed by atoms with E-state index in [1.54, 1.807) is 13.3 Å². The zero-order valence-corrected chi connectivity index (χ0v) is 12.2. The van der Waals surface area contributed by atoms with Crippen LogP contribution in [0, 0.1) is 0 Å². The van der Waals surface area contributed by atoms with Gasteiger partial charge in [-0.3, -0.25) is 0 Å². The van der Waals surface area contributed by atoms with E-state index in [4.69, 9.17) is 14.2 Å². The molecule has 1 rings (SSSR count). The van der Waals surface area contributed by atoms with E-state index in [1.807, 2.05) is 19.1 Å². The molecule has 0 saturated heterocycles. The molecule has 0 saturated carbocycles. The molecular weight excluding hydrogens is 260 g/mol. The summed E-state index contributed by atoms with van der Waals surface area (Å²) in [5, 5.41) is 12.9. The molecule has 1 heterocycles. The highest BCUT2D eigenvalue weighted by molar-refractivity contribution is 5.24. The van der Waals surface area contributed by atoms with Gasteiger partial charge < -0.3 is 24.6 Å². The van der Waals surface area contributed by atoms with Crippen LogP contribution in [0.15, 0.2) is 18.3 Å². The van der Waals surface area contributed by atoms with Crippen LogP contribution in [0.5, 0.6) is 5.88 Å². The van der Waals surface area contributed by atoms with Crippen LogP contribution in [0.3, 0.4) is 0 Å². The van der Waals surface area contributed by atoms with E-state index in [-0.39, 0.29) is 0 Å². The Kier molecular flexibility index (Phi) is 8.90. The van der Waals surface area contributed by atoms with Crippen molar-refractivity contribution in [2.24, 2.45) is 0 Å². The van der Waals surface area contributed by atoms with Gasteiger partial charge in [-0.15, -0.1) is 0 Å². The first-order valence-corrected chi connectivity index (χ1v) is 6.80. The average molecular weight is 284 g/mol. The molecule has 6 nitrogen and oxygen atoms in total. The lowest BCUT2D eigenvalue weighted by molar-refractivity contribution is 0.00641. The topological polar surface area (TPSA) is 72.8 Å². The molecule has 1 unspecified atom stereocenters. The van der Waals surface area contributed by atoms with E-state index in [9.17, 15) is 5.11 Å². The second-order valence-corrected chi connectivity index (χ2v) is 4.23. The maximum Gasteiger partial charge on any atom is 0.217 e. The summed E-state index contributed by atoms with van der Waals surface area (Å²) in [6.45, 7) is 5.01. The van der Waals surface area contributed by atoms with Gasteiger partial charge in [-0.1, -0.05) is 6.07 Å². The van der Waals surface area contributed by atoms with Crippen LogP contribution >= 0.6 is 0 Å². The lowest BCUT2D eigenvalue weighted by atomic mass is 10.2. The van der Waals surface area contributed by atoms with E-state index < -0.39 is 6.10 Å². The van der Waals surface area contributed by atoms with Crippen molar-refractivity contribution in [1.29, 1.82) is 0 Å². The predicted molar refractivity (Wildman–Crippen MR) is 75.8 cm³/mol. The van der Waals surface area contributed by atoms with Crippen molar-refractivity contribution >= 4 is 0 Å². The van der Waals surface area contributed by atoms with Crippen LogP contribution in [0.2, 0.25) is 0 Å². The molecule has 0 radical (unpaired) electrons. The van der Waals surface area contributed by atoms with Gasteiger partial charge in [0.1, 0.15) is 0 Å². The van der Waals surface area contributed by atoms with Crippen LogP contribution in [0.1, 0.15) is 12.5 Å². The lowest BCUT2D eigenvalue weighted by Gasteiger charge is -2.13.